The second-order valence-corrected chi connectivity index (χ2v) is 3.76. The van der Waals surface area contributed by atoms with Crippen molar-refractivity contribution in [2.24, 2.45) is 0 Å². The molecule has 0 bridgehead atoms. The molecule has 1 unspecified atom stereocenters. The van der Waals surface area contributed by atoms with Gasteiger partial charge >= 0.3 is 21.1 Å². The van der Waals surface area contributed by atoms with E-state index in [-0.39, 0.29) is 27.0 Å². The Kier molecular flexibility index (Phi) is 8.10. The fraction of sp³-hybridized carbons (Fsp3) is 0.308. The number of hydrogen-bond donors (Lipinski definition) is 2. The quantitative estimate of drug-likeness (QED) is 0.452. The SMILES string of the molecule is [CH2-]CCCC([CH2-])c1ccc(C(=O)NO)cc1.[W+2]. The van der Waals surface area contributed by atoms with Crippen molar-refractivity contribution in [3.8, 4) is 0 Å². The van der Waals surface area contributed by atoms with Crippen molar-refractivity contribution in [2.45, 2.75) is 25.2 Å². The van der Waals surface area contributed by atoms with Gasteiger partial charge < -0.3 is 13.8 Å². The molecule has 1 amide bonds. The third-order valence-corrected chi connectivity index (χ3v) is 2.55. The van der Waals surface area contributed by atoms with Crippen LogP contribution in [0.5, 0.6) is 0 Å². The maximum absolute atomic E-state index is 11.1. The van der Waals surface area contributed by atoms with E-state index in [9.17, 15) is 4.79 Å². The van der Waals surface area contributed by atoms with Crippen LogP contribution < -0.4 is 5.48 Å². The smallest absolute Gasteiger partial charge is 0.343 e. The molecule has 0 radical (unpaired) electrons. The van der Waals surface area contributed by atoms with Crippen molar-refractivity contribution in [1.29, 1.82) is 0 Å². The zero-order chi connectivity index (χ0) is 12.0. The van der Waals surface area contributed by atoms with Gasteiger partial charge in [0.25, 0.3) is 5.91 Å². The Bertz CT molecular complexity index is 338. The summed E-state index contributed by atoms with van der Waals surface area (Å²) < 4.78 is 0. The zero-order valence-corrected chi connectivity index (χ0v) is 12.6. The molecule has 0 aromatic heterocycles. The molecular formula is C13H17NO2W. The number of amides is 1. The molecule has 92 valence electrons. The number of carbonyl (C=O) groups is 1. The Hall–Kier alpha value is -0.662. The summed E-state index contributed by atoms with van der Waals surface area (Å²) in [6.07, 6.45) is 2.96. The van der Waals surface area contributed by atoms with E-state index in [1.807, 2.05) is 12.1 Å². The van der Waals surface area contributed by atoms with Crippen LogP contribution in [0.2, 0.25) is 0 Å². The Morgan fingerprint density at radius 3 is 2.41 bits per heavy atom. The van der Waals surface area contributed by atoms with E-state index < -0.39 is 5.91 Å². The summed E-state index contributed by atoms with van der Waals surface area (Å²) in [6, 6.07) is 7.10. The van der Waals surface area contributed by atoms with Gasteiger partial charge in [0.15, 0.2) is 0 Å². The van der Waals surface area contributed by atoms with Crippen LogP contribution >= 0.6 is 0 Å². The first-order valence-corrected chi connectivity index (χ1v) is 5.35. The molecule has 3 nitrogen and oxygen atoms in total. The van der Waals surface area contributed by atoms with Gasteiger partial charge in [-0.05, 0) is 12.1 Å². The second kappa shape index (κ2) is 8.43. The number of hydrogen-bond acceptors (Lipinski definition) is 2. The molecule has 1 atom stereocenters. The van der Waals surface area contributed by atoms with Crippen molar-refractivity contribution in [1.82, 2.24) is 5.48 Å². The van der Waals surface area contributed by atoms with Crippen molar-refractivity contribution in [3.05, 3.63) is 49.2 Å². The van der Waals surface area contributed by atoms with E-state index in [1.165, 1.54) is 0 Å². The fourth-order valence-electron chi connectivity index (χ4n) is 1.53. The van der Waals surface area contributed by atoms with Gasteiger partial charge in [0.05, 0.1) is 0 Å². The summed E-state index contributed by atoms with van der Waals surface area (Å²) in [5.41, 5.74) is 3.14. The van der Waals surface area contributed by atoms with Crippen molar-refractivity contribution in [3.63, 3.8) is 0 Å². The monoisotopic (exact) mass is 403 g/mol. The molecule has 0 spiro atoms. The fourth-order valence-corrected chi connectivity index (χ4v) is 1.53. The van der Waals surface area contributed by atoms with Gasteiger partial charge in [0.2, 0.25) is 0 Å². The van der Waals surface area contributed by atoms with E-state index in [0.717, 1.165) is 24.8 Å². The molecule has 0 fully saturated rings. The van der Waals surface area contributed by atoms with Crippen molar-refractivity contribution >= 4 is 5.91 Å². The first kappa shape index (κ1) is 16.3. The Balaban J connectivity index is 0.00000256. The normalized spacial score (nSPS) is 11.5. The van der Waals surface area contributed by atoms with Crippen molar-refractivity contribution < 1.29 is 31.1 Å². The standard InChI is InChI=1S/C13H17NO2.W/c1-3-4-5-10(2)11-6-8-12(9-7-11)13(15)14-16;/h6-10,16H,1-5H2,(H,14,15);/q-2;+2. The molecule has 0 heterocycles. The molecule has 2 N–H and O–H groups in total. The van der Waals surface area contributed by atoms with Crippen LogP contribution in [0.15, 0.2) is 24.3 Å². The van der Waals surface area contributed by atoms with E-state index in [0.29, 0.717) is 5.56 Å². The Labute approximate surface area is 117 Å². The van der Waals surface area contributed by atoms with Gasteiger partial charge in [-0.2, -0.15) is 6.42 Å². The predicted molar refractivity (Wildman–Crippen MR) is 63.0 cm³/mol. The largest absolute Gasteiger partial charge is 2.00 e. The first-order valence-electron chi connectivity index (χ1n) is 5.35. The van der Waals surface area contributed by atoms with E-state index in [1.54, 1.807) is 17.6 Å². The number of hydroxylamine groups is 1. The zero-order valence-electron chi connectivity index (χ0n) is 9.69. The van der Waals surface area contributed by atoms with Gasteiger partial charge in [0.1, 0.15) is 0 Å². The predicted octanol–water partition coefficient (Wildman–Crippen LogP) is 2.73. The topological polar surface area (TPSA) is 49.3 Å². The van der Waals surface area contributed by atoms with Crippen molar-refractivity contribution in [2.75, 3.05) is 0 Å². The molecule has 0 aliphatic rings. The van der Waals surface area contributed by atoms with Crippen LogP contribution in [-0.4, -0.2) is 11.1 Å². The minimum Gasteiger partial charge on any atom is -0.343 e. The van der Waals surface area contributed by atoms with E-state index in [2.05, 4.69) is 13.8 Å². The molecule has 0 saturated heterocycles. The number of unbranched alkanes of at least 4 members (excludes halogenated alkanes) is 1. The third-order valence-electron chi connectivity index (χ3n) is 2.55. The van der Waals surface area contributed by atoms with Gasteiger partial charge in [-0.3, -0.25) is 10.0 Å². The summed E-state index contributed by atoms with van der Waals surface area (Å²) in [5.74, 6) is -0.266. The van der Waals surface area contributed by atoms with Gasteiger partial charge in [0, 0.05) is 5.56 Å². The molecule has 17 heavy (non-hydrogen) atoms. The average Bonchev–Trinajstić information content (AvgIpc) is 2.35. The maximum Gasteiger partial charge on any atom is 2.00 e. The summed E-state index contributed by atoms with van der Waals surface area (Å²) >= 11 is 0. The molecular weight excluding hydrogens is 386 g/mol. The van der Waals surface area contributed by atoms with Crippen LogP contribution in [-0.2, 0) is 21.1 Å². The van der Waals surface area contributed by atoms with Gasteiger partial charge in [-0.15, -0.1) is 5.92 Å². The van der Waals surface area contributed by atoms with Gasteiger partial charge in [-0.1, -0.05) is 30.5 Å². The summed E-state index contributed by atoms with van der Waals surface area (Å²) in [4.78, 5) is 11.1. The molecule has 0 aliphatic carbocycles. The molecule has 4 heteroatoms. The minimum absolute atomic E-state index is 0. The number of benzene rings is 1. The number of carbonyl (C=O) groups excluding carboxylic acids is 1. The van der Waals surface area contributed by atoms with Crippen LogP contribution in [0.3, 0.4) is 0 Å². The van der Waals surface area contributed by atoms with Crippen LogP contribution in [0.25, 0.3) is 0 Å². The Morgan fingerprint density at radius 2 is 1.94 bits per heavy atom. The molecule has 0 saturated carbocycles. The number of nitrogens with one attached hydrogen (secondary N) is 1. The van der Waals surface area contributed by atoms with Gasteiger partial charge in [-0.25, -0.2) is 5.48 Å². The van der Waals surface area contributed by atoms with Crippen LogP contribution in [0.1, 0.15) is 41.1 Å². The molecule has 1 aromatic carbocycles. The maximum atomic E-state index is 11.1. The third kappa shape index (κ3) is 5.01. The average molecular weight is 403 g/mol. The second-order valence-electron chi connectivity index (χ2n) is 3.76. The summed E-state index contributed by atoms with van der Waals surface area (Å²) in [7, 11) is 0. The molecule has 1 aromatic rings. The number of rotatable bonds is 5. The summed E-state index contributed by atoms with van der Waals surface area (Å²) in [6.45, 7) is 7.85. The van der Waals surface area contributed by atoms with Crippen LogP contribution in [0, 0.1) is 13.8 Å². The van der Waals surface area contributed by atoms with Crippen LogP contribution in [0.4, 0.5) is 0 Å². The minimum atomic E-state index is -0.495. The molecule has 0 aliphatic heterocycles. The van der Waals surface area contributed by atoms with E-state index in [4.69, 9.17) is 5.21 Å². The summed E-state index contributed by atoms with van der Waals surface area (Å²) in [5, 5.41) is 8.46. The van der Waals surface area contributed by atoms with E-state index >= 15 is 0 Å². The first-order chi connectivity index (χ1) is 7.69. The molecule has 1 rings (SSSR count). The Morgan fingerprint density at radius 1 is 1.35 bits per heavy atom.